The summed E-state index contributed by atoms with van der Waals surface area (Å²) < 4.78 is 91.1. The number of rotatable bonds is 11. The van der Waals surface area contributed by atoms with Gasteiger partial charge in [0.2, 0.25) is 21.7 Å². The second kappa shape index (κ2) is 12.4. The lowest BCUT2D eigenvalue weighted by atomic mass is 9.91. The summed E-state index contributed by atoms with van der Waals surface area (Å²) in [5.41, 5.74) is 9.94. The quantitative estimate of drug-likeness (QED) is 0.172. The van der Waals surface area contributed by atoms with Gasteiger partial charge in [-0.3, -0.25) is 4.79 Å². The maximum absolute atomic E-state index is 14.0. The lowest BCUT2D eigenvalue weighted by Gasteiger charge is -2.37. The summed E-state index contributed by atoms with van der Waals surface area (Å²) in [4.78, 5) is 17.8. The molecule has 0 atom stereocenters. The first-order chi connectivity index (χ1) is 22.3. The fourth-order valence-electron chi connectivity index (χ4n) is 5.63. The van der Waals surface area contributed by atoms with E-state index in [2.05, 4.69) is 10.1 Å². The third-order valence-corrected chi connectivity index (χ3v) is 9.29. The van der Waals surface area contributed by atoms with Crippen LogP contribution < -0.4 is 15.2 Å². The molecule has 47 heavy (non-hydrogen) atoms. The highest BCUT2D eigenvalue weighted by Crippen LogP contribution is 2.37. The van der Waals surface area contributed by atoms with Crippen molar-refractivity contribution in [3.8, 4) is 23.1 Å². The Bertz CT molecular complexity index is 2010. The van der Waals surface area contributed by atoms with E-state index in [1.165, 1.54) is 33.5 Å². The van der Waals surface area contributed by atoms with E-state index in [-0.39, 0.29) is 41.1 Å². The third-order valence-electron chi connectivity index (χ3n) is 8.05. The van der Waals surface area contributed by atoms with Crippen LogP contribution in [0.1, 0.15) is 32.6 Å². The third kappa shape index (κ3) is 6.58. The molecule has 15 heteroatoms. The summed E-state index contributed by atoms with van der Waals surface area (Å²) in [5, 5.41) is 4.28. The lowest BCUT2D eigenvalue weighted by molar-refractivity contribution is 0.0810. The number of carbonyl (C=O) groups is 1. The van der Waals surface area contributed by atoms with Gasteiger partial charge in [-0.15, -0.1) is 0 Å². The number of Topliss-reactive ketones (excluding diaryl/α,β-unsaturated/α-hetero) is 1. The van der Waals surface area contributed by atoms with Gasteiger partial charge < -0.3 is 15.2 Å². The van der Waals surface area contributed by atoms with Crippen LogP contribution in [0.5, 0.6) is 17.4 Å². The molecule has 3 heterocycles. The number of nitrogens with two attached hydrogens (primary N) is 1. The molecule has 246 valence electrons. The lowest BCUT2D eigenvalue weighted by Crippen LogP contribution is -2.50. The number of sulfonamides is 1. The zero-order valence-corrected chi connectivity index (χ0v) is 26.0. The Morgan fingerprint density at radius 2 is 1.85 bits per heavy atom. The highest BCUT2D eigenvalue weighted by Gasteiger charge is 2.34. The highest BCUT2D eigenvalue weighted by molar-refractivity contribution is 7.88. The average molecular weight is 672 g/mol. The van der Waals surface area contributed by atoms with Crippen molar-refractivity contribution >= 4 is 27.7 Å². The number of halogens is 4. The molecule has 2 aromatic carbocycles. The smallest absolute Gasteiger partial charge is 0.272 e. The molecule has 4 aromatic rings. The van der Waals surface area contributed by atoms with E-state index >= 15 is 0 Å². The molecule has 0 amide bonds. The molecule has 1 fully saturated rings. The predicted octanol–water partition coefficient (Wildman–Crippen LogP) is 5.13. The Balaban J connectivity index is 1.20. The minimum absolute atomic E-state index is 0.00276. The molecule has 0 radical (unpaired) electrons. The number of hydrogen-bond acceptors (Lipinski definition) is 8. The predicted molar refractivity (Wildman–Crippen MR) is 165 cm³/mol. The number of para-hydroxylation sites is 1. The molecule has 1 saturated heterocycles. The number of aryl methyl sites for hydroxylation is 1. The first kappa shape index (κ1) is 32.2. The largest absolute Gasteiger partial charge is 0.487 e. The molecule has 0 bridgehead atoms. The van der Waals surface area contributed by atoms with Crippen molar-refractivity contribution in [2.75, 3.05) is 31.7 Å². The van der Waals surface area contributed by atoms with E-state index in [1.807, 2.05) is 6.07 Å². The normalized spacial score (nSPS) is 15.0. The van der Waals surface area contributed by atoms with Gasteiger partial charge in [-0.25, -0.2) is 40.0 Å². The van der Waals surface area contributed by atoms with Gasteiger partial charge in [-0.2, -0.15) is 5.10 Å². The summed E-state index contributed by atoms with van der Waals surface area (Å²) in [7, 11) is -3.31. The SMILES string of the molecule is Cc1cc(Oc2c(F)cccc2F)ncc1-n1ncc(C(=O)C2=Cc3cc(OCC(F)F)c(CC4CN(S(C)(=O)=O)C4)cc3C2)c1N. The number of alkyl halides is 2. The molecule has 2 aromatic heterocycles. The minimum Gasteiger partial charge on any atom is -0.487 e. The number of allylic oxidation sites excluding steroid dienone is 1. The Morgan fingerprint density at radius 1 is 1.13 bits per heavy atom. The molecule has 2 aliphatic rings. The molecule has 0 spiro atoms. The monoisotopic (exact) mass is 671 g/mol. The van der Waals surface area contributed by atoms with Crippen LogP contribution in [0, 0.1) is 24.5 Å². The van der Waals surface area contributed by atoms with Gasteiger partial charge in [0.15, 0.2) is 17.4 Å². The van der Waals surface area contributed by atoms with Crippen LogP contribution in [-0.2, 0) is 22.9 Å². The van der Waals surface area contributed by atoms with E-state index in [0.717, 1.165) is 24.0 Å². The first-order valence-corrected chi connectivity index (χ1v) is 16.3. The van der Waals surface area contributed by atoms with Crippen LogP contribution in [0.3, 0.4) is 0 Å². The van der Waals surface area contributed by atoms with Gasteiger partial charge in [0, 0.05) is 31.1 Å². The van der Waals surface area contributed by atoms with E-state index in [4.69, 9.17) is 15.2 Å². The molecule has 2 N–H and O–H groups in total. The number of fused-ring (bicyclic) bond motifs is 1. The van der Waals surface area contributed by atoms with Crippen molar-refractivity contribution in [1.29, 1.82) is 0 Å². The second-order valence-electron chi connectivity index (χ2n) is 11.5. The number of ketones is 1. The summed E-state index contributed by atoms with van der Waals surface area (Å²) in [6.45, 7) is 1.53. The Kier molecular flexibility index (Phi) is 8.53. The molecular formula is C32H29F4N5O5S. The van der Waals surface area contributed by atoms with Gasteiger partial charge in [0.25, 0.3) is 6.43 Å². The van der Waals surface area contributed by atoms with Crippen LogP contribution in [-0.4, -0.2) is 65.6 Å². The number of nitrogen functional groups attached to an aromatic ring is 1. The first-order valence-electron chi connectivity index (χ1n) is 14.5. The van der Waals surface area contributed by atoms with Crippen LogP contribution in [0.15, 0.2) is 54.4 Å². The summed E-state index contributed by atoms with van der Waals surface area (Å²) in [6.07, 6.45) is 3.46. The molecule has 10 nitrogen and oxygen atoms in total. The number of benzene rings is 2. The summed E-state index contributed by atoms with van der Waals surface area (Å²) >= 11 is 0. The van der Waals surface area contributed by atoms with Gasteiger partial charge in [0.1, 0.15) is 18.2 Å². The van der Waals surface area contributed by atoms with E-state index < -0.39 is 40.4 Å². The molecule has 6 rings (SSSR count). The Hall–Kier alpha value is -4.76. The van der Waals surface area contributed by atoms with Gasteiger partial charge in [-0.1, -0.05) is 12.1 Å². The minimum atomic E-state index is -3.31. The van der Waals surface area contributed by atoms with Crippen molar-refractivity contribution in [2.24, 2.45) is 5.92 Å². The number of pyridine rings is 1. The number of ether oxygens (including phenoxy) is 2. The van der Waals surface area contributed by atoms with Crippen LogP contribution in [0.4, 0.5) is 23.4 Å². The van der Waals surface area contributed by atoms with Crippen molar-refractivity contribution in [1.82, 2.24) is 19.1 Å². The van der Waals surface area contributed by atoms with E-state index in [9.17, 15) is 30.8 Å². The van der Waals surface area contributed by atoms with Crippen LogP contribution in [0.25, 0.3) is 11.8 Å². The molecule has 1 aliphatic carbocycles. The molecule has 1 aliphatic heterocycles. The molecular weight excluding hydrogens is 642 g/mol. The standard InChI is InChI=1S/C32H29F4N5O5S/c1-17-6-29(46-31-24(33)4-3-5-25(31)34)38-13-26(17)41-32(37)23(12-39-41)30(42)22-9-19-8-21(7-18-14-40(15-18)47(2,43)44)27(11-20(19)10-22)45-16-28(35)36/h3-6,8,10-13,18,28H,7,9,14-16,37H2,1-2H3. The summed E-state index contributed by atoms with van der Waals surface area (Å²) in [6, 6.07) is 8.23. The van der Waals surface area contributed by atoms with Gasteiger partial charge >= 0.3 is 0 Å². The summed E-state index contributed by atoms with van der Waals surface area (Å²) in [5.74, 6) is -2.52. The molecule has 0 saturated carbocycles. The van der Waals surface area contributed by atoms with Crippen LogP contribution >= 0.6 is 0 Å². The van der Waals surface area contributed by atoms with Gasteiger partial charge in [-0.05, 0) is 65.8 Å². The van der Waals surface area contributed by atoms with E-state index in [0.29, 0.717) is 47.5 Å². The average Bonchev–Trinajstić information content (AvgIpc) is 3.57. The highest BCUT2D eigenvalue weighted by atomic mass is 32.2. The number of anilines is 1. The second-order valence-corrected chi connectivity index (χ2v) is 13.5. The Morgan fingerprint density at radius 3 is 2.51 bits per heavy atom. The fraction of sp³-hybridized carbons (Fsp3) is 0.281. The topological polar surface area (TPSA) is 130 Å². The number of nitrogens with zero attached hydrogens (tertiary/aromatic N) is 4. The fourth-order valence-corrected chi connectivity index (χ4v) is 6.59. The maximum Gasteiger partial charge on any atom is 0.272 e. The number of carbonyl (C=O) groups excluding carboxylic acids is 1. The Labute approximate surface area is 267 Å². The van der Waals surface area contributed by atoms with Crippen molar-refractivity contribution in [3.05, 3.63) is 93.8 Å². The van der Waals surface area contributed by atoms with E-state index in [1.54, 1.807) is 19.1 Å². The van der Waals surface area contributed by atoms with Gasteiger partial charge in [0.05, 0.1) is 29.9 Å². The van der Waals surface area contributed by atoms with Crippen molar-refractivity contribution in [2.45, 2.75) is 26.2 Å². The number of aromatic nitrogens is 3. The molecule has 0 unspecified atom stereocenters. The van der Waals surface area contributed by atoms with Crippen molar-refractivity contribution in [3.63, 3.8) is 0 Å². The number of hydrogen-bond donors (Lipinski definition) is 1. The zero-order chi connectivity index (χ0) is 33.6. The van der Waals surface area contributed by atoms with Crippen LogP contribution in [0.2, 0.25) is 0 Å². The zero-order valence-electron chi connectivity index (χ0n) is 25.2. The van der Waals surface area contributed by atoms with Crippen molar-refractivity contribution < 1.29 is 40.2 Å². The maximum atomic E-state index is 14.0.